The summed E-state index contributed by atoms with van der Waals surface area (Å²) in [6.07, 6.45) is 0. The molecule has 2 aromatic rings. The number of anilines is 1. The average Bonchev–Trinajstić information content (AvgIpc) is 2.49. The van der Waals surface area contributed by atoms with Gasteiger partial charge in [-0.3, -0.25) is 0 Å². The molecule has 0 saturated heterocycles. The number of hydrogen-bond donors (Lipinski definition) is 3. The number of sulfonamides is 1. The average molecular weight is 371 g/mol. The van der Waals surface area contributed by atoms with E-state index in [9.17, 15) is 13.5 Å². The SMILES string of the molecule is CNS(=O)(=O)c1ccccc1NCc1ccc(O)c(Br)c1. The Morgan fingerprint density at radius 3 is 2.57 bits per heavy atom. The molecular weight excluding hydrogens is 356 g/mol. The van der Waals surface area contributed by atoms with E-state index in [2.05, 4.69) is 26.0 Å². The normalized spacial score (nSPS) is 11.3. The topological polar surface area (TPSA) is 78.4 Å². The van der Waals surface area contributed by atoms with Gasteiger partial charge in [0.1, 0.15) is 10.6 Å². The van der Waals surface area contributed by atoms with Crippen LogP contribution in [-0.2, 0) is 16.6 Å². The summed E-state index contributed by atoms with van der Waals surface area (Å²) in [4.78, 5) is 0.199. The smallest absolute Gasteiger partial charge is 0.242 e. The number of halogens is 1. The van der Waals surface area contributed by atoms with Gasteiger partial charge in [0.15, 0.2) is 0 Å². The molecule has 0 aliphatic carbocycles. The van der Waals surface area contributed by atoms with E-state index in [1.165, 1.54) is 7.05 Å². The van der Waals surface area contributed by atoms with E-state index >= 15 is 0 Å². The third-order valence-corrected chi connectivity index (χ3v) is 5.05. The monoisotopic (exact) mass is 370 g/mol. The number of phenols is 1. The standard InChI is InChI=1S/C14H15BrN2O3S/c1-16-21(19,20)14-5-3-2-4-12(14)17-9-10-6-7-13(18)11(15)8-10/h2-8,16-18H,9H2,1H3. The lowest BCUT2D eigenvalue weighted by Gasteiger charge is -2.12. The van der Waals surface area contributed by atoms with Crippen molar-refractivity contribution in [3.63, 3.8) is 0 Å². The minimum Gasteiger partial charge on any atom is -0.507 e. The summed E-state index contributed by atoms with van der Waals surface area (Å²) in [5.41, 5.74) is 1.44. The fourth-order valence-electron chi connectivity index (χ4n) is 1.81. The van der Waals surface area contributed by atoms with Crippen molar-refractivity contribution in [3.8, 4) is 5.75 Å². The highest BCUT2D eigenvalue weighted by Crippen LogP contribution is 2.25. The molecule has 3 N–H and O–H groups in total. The number of rotatable bonds is 5. The van der Waals surface area contributed by atoms with Gasteiger partial charge in [-0.1, -0.05) is 18.2 Å². The van der Waals surface area contributed by atoms with Gasteiger partial charge in [0.2, 0.25) is 10.0 Å². The highest BCUT2D eigenvalue weighted by atomic mass is 79.9. The largest absolute Gasteiger partial charge is 0.507 e. The van der Waals surface area contributed by atoms with Crippen molar-refractivity contribution < 1.29 is 13.5 Å². The van der Waals surface area contributed by atoms with Gasteiger partial charge in [-0.25, -0.2) is 13.1 Å². The predicted molar refractivity (Wildman–Crippen MR) is 85.8 cm³/mol. The zero-order chi connectivity index (χ0) is 15.5. The molecule has 0 atom stereocenters. The number of aromatic hydroxyl groups is 1. The molecule has 21 heavy (non-hydrogen) atoms. The van der Waals surface area contributed by atoms with Gasteiger partial charge < -0.3 is 10.4 Å². The Hall–Kier alpha value is -1.57. The summed E-state index contributed by atoms with van der Waals surface area (Å²) in [6, 6.07) is 11.8. The lowest BCUT2D eigenvalue weighted by molar-refractivity contribution is 0.471. The maximum absolute atomic E-state index is 11.9. The maximum atomic E-state index is 11.9. The van der Waals surface area contributed by atoms with Gasteiger partial charge in [0.05, 0.1) is 10.2 Å². The van der Waals surface area contributed by atoms with Crippen molar-refractivity contribution in [2.75, 3.05) is 12.4 Å². The fourth-order valence-corrected chi connectivity index (χ4v) is 3.15. The molecule has 0 unspecified atom stereocenters. The lowest BCUT2D eigenvalue weighted by atomic mass is 10.2. The Balaban J connectivity index is 2.23. The first-order valence-electron chi connectivity index (χ1n) is 6.18. The molecule has 2 aromatic carbocycles. The van der Waals surface area contributed by atoms with Crippen LogP contribution in [-0.4, -0.2) is 20.6 Å². The Kier molecular flexibility index (Phi) is 4.87. The quantitative estimate of drug-likeness (QED) is 0.755. The number of nitrogens with one attached hydrogen (secondary N) is 2. The summed E-state index contributed by atoms with van der Waals surface area (Å²) in [6.45, 7) is 0.440. The molecule has 0 spiro atoms. The van der Waals surface area contributed by atoms with Gasteiger partial charge in [-0.05, 0) is 52.8 Å². The van der Waals surface area contributed by atoms with Crippen LogP contribution >= 0.6 is 15.9 Å². The van der Waals surface area contributed by atoms with Gasteiger partial charge >= 0.3 is 0 Å². The van der Waals surface area contributed by atoms with E-state index in [-0.39, 0.29) is 10.6 Å². The fraction of sp³-hybridized carbons (Fsp3) is 0.143. The second-order valence-corrected chi connectivity index (χ2v) is 7.05. The van der Waals surface area contributed by atoms with E-state index in [4.69, 9.17) is 0 Å². The highest BCUT2D eigenvalue weighted by Gasteiger charge is 2.15. The maximum Gasteiger partial charge on any atom is 0.242 e. The Bertz CT molecular complexity index is 748. The first-order valence-corrected chi connectivity index (χ1v) is 8.45. The summed E-state index contributed by atoms with van der Waals surface area (Å²) in [5, 5.41) is 12.6. The Labute approximate surface area is 132 Å². The molecule has 0 fully saturated rings. The van der Waals surface area contributed by atoms with Crippen LogP contribution in [0.25, 0.3) is 0 Å². The van der Waals surface area contributed by atoms with Crippen LogP contribution in [0.15, 0.2) is 51.8 Å². The molecule has 0 aliphatic rings. The molecule has 0 heterocycles. The van der Waals surface area contributed by atoms with E-state index in [1.807, 2.05) is 0 Å². The van der Waals surface area contributed by atoms with Crippen molar-refractivity contribution in [1.29, 1.82) is 0 Å². The summed E-state index contributed by atoms with van der Waals surface area (Å²) < 4.78 is 26.8. The molecule has 5 nitrogen and oxygen atoms in total. The summed E-state index contributed by atoms with van der Waals surface area (Å²) in [5.74, 6) is 0.164. The van der Waals surface area contributed by atoms with Gasteiger partial charge in [-0.15, -0.1) is 0 Å². The van der Waals surface area contributed by atoms with Crippen molar-refractivity contribution >= 4 is 31.6 Å². The van der Waals surface area contributed by atoms with Crippen molar-refractivity contribution in [2.45, 2.75) is 11.4 Å². The predicted octanol–water partition coefficient (Wildman–Crippen LogP) is 2.67. The molecule has 0 saturated carbocycles. The zero-order valence-electron chi connectivity index (χ0n) is 11.3. The summed E-state index contributed by atoms with van der Waals surface area (Å²) >= 11 is 3.25. The molecule has 0 amide bonds. The van der Waals surface area contributed by atoms with E-state index in [1.54, 1.807) is 42.5 Å². The molecular formula is C14H15BrN2O3S. The zero-order valence-corrected chi connectivity index (χ0v) is 13.7. The Morgan fingerprint density at radius 1 is 1.19 bits per heavy atom. The molecule has 112 valence electrons. The van der Waals surface area contributed by atoms with Crippen LogP contribution in [0.2, 0.25) is 0 Å². The van der Waals surface area contributed by atoms with Gasteiger partial charge in [0, 0.05) is 6.54 Å². The number of benzene rings is 2. The molecule has 0 radical (unpaired) electrons. The van der Waals surface area contributed by atoms with Crippen LogP contribution in [0.3, 0.4) is 0 Å². The second-order valence-electron chi connectivity index (χ2n) is 4.34. The van der Waals surface area contributed by atoms with E-state index in [0.29, 0.717) is 16.7 Å². The highest BCUT2D eigenvalue weighted by molar-refractivity contribution is 9.10. The minimum atomic E-state index is -3.51. The van der Waals surface area contributed by atoms with Gasteiger partial charge in [0.25, 0.3) is 0 Å². The van der Waals surface area contributed by atoms with Crippen LogP contribution in [0, 0.1) is 0 Å². The number of para-hydroxylation sites is 1. The Morgan fingerprint density at radius 2 is 1.90 bits per heavy atom. The van der Waals surface area contributed by atoms with Crippen LogP contribution in [0.5, 0.6) is 5.75 Å². The van der Waals surface area contributed by atoms with E-state index < -0.39 is 10.0 Å². The van der Waals surface area contributed by atoms with Crippen molar-refractivity contribution in [2.24, 2.45) is 0 Å². The lowest BCUT2D eigenvalue weighted by Crippen LogP contribution is -2.20. The first-order chi connectivity index (χ1) is 9.94. The molecule has 0 aliphatic heterocycles. The van der Waals surface area contributed by atoms with E-state index in [0.717, 1.165) is 5.56 Å². The third kappa shape index (κ3) is 3.75. The minimum absolute atomic E-state index is 0.164. The third-order valence-electron chi connectivity index (χ3n) is 2.94. The molecule has 2 rings (SSSR count). The van der Waals surface area contributed by atoms with Crippen molar-refractivity contribution in [3.05, 3.63) is 52.5 Å². The second kappa shape index (κ2) is 6.46. The first kappa shape index (κ1) is 15.8. The van der Waals surface area contributed by atoms with Crippen LogP contribution in [0.1, 0.15) is 5.56 Å². The molecule has 0 bridgehead atoms. The van der Waals surface area contributed by atoms with Crippen molar-refractivity contribution in [1.82, 2.24) is 4.72 Å². The van der Waals surface area contributed by atoms with Crippen LogP contribution in [0.4, 0.5) is 5.69 Å². The van der Waals surface area contributed by atoms with Crippen LogP contribution < -0.4 is 10.0 Å². The molecule has 7 heteroatoms. The number of phenolic OH excluding ortho intramolecular Hbond substituents is 1. The summed E-state index contributed by atoms with van der Waals surface area (Å²) in [7, 11) is -2.13. The molecule has 0 aromatic heterocycles. The number of hydrogen-bond acceptors (Lipinski definition) is 4. The van der Waals surface area contributed by atoms with Gasteiger partial charge in [-0.2, -0.15) is 0 Å².